The minimum absolute atomic E-state index is 0.466. The highest BCUT2D eigenvalue weighted by atomic mass is 16.6. The van der Waals surface area contributed by atoms with Crippen LogP contribution in [0.5, 0.6) is 23.0 Å². The molecular weight excluding hydrogens is 707 g/mol. The van der Waals surface area contributed by atoms with E-state index in [1.807, 2.05) is 6.07 Å². The molecule has 1 aliphatic heterocycles. The van der Waals surface area contributed by atoms with Crippen molar-refractivity contribution < 1.29 is 9.47 Å². The summed E-state index contributed by atoms with van der Waals surface area (Å²) in [7, 11) is 0. The maximum absolute atomic E-state index is 7.06. The Kier molecular flexibility index (Phi) is 7.14. The zero-order chi connectivity index (χ0) is 38.2. The first-order valence-corrected chi connectivity index (χ1v) is 19.8. The minimum atomic E-state index is -0.466. The summed E-state index contributed by atoms with van der Waals surface area (Å²) in [5.41, 5.74) is 17.1. The minimum Gasteiger partial charge on any atom is -0.449 e. The van der Waals surface area contributed by atoms with Crippen molar-refractivity contribution in [2.75, 3.05) is 4.90 Å². The second kappa shape index (κ2) is 12.7. The van der Waals surface area contributed by atoms with Gasteiger partial charge in [0.1, 0.15) is 0 Å². The summed E-state index contributed by atoms with van der Waals surface area (Å²) >= 11 is 0. The molecular formula is C55H35NO2. The van der Waals surface area contributed by atoms with Gasteiger partial charge in [-0.1, -0.05) is 158 Å². The molecule has 0 saturated carbocycles. The topological polar surface area (TPSA) is 21.7 Å². The molecule has 0 fully saturated rings. The van der Waals surface area contributed by atoms with E-state index in [0.29, 0.717) is 11.5 Å². The number of nitrogens with zero attached hydrogens (tertiary/aromatic N) is 1. The van der Waals surface area contributed by atoms with E-state index >= 15 is 0 Å². The molecule has 0 N–H and O–H groups in total. The van der Waals surface area contributed by atoms with Gasteiger partial charge in [-0.3, -0.25) is 0 Å². The van der Waals surface area contributed by atoms with Crippen LogP contribution in [0.3, 0.4) is 0 Å². The van der Waals surface area contributed by atoms with Crippen molar-refractivity contribution in [1.82, 2.24) is 0 Å². The summed E-state index contributed by atoms with van der Waals surface area (Å²) in [6.07, 6.45) is 0. The molecule has 2 aliphatic carbocycles. The fourth-order valence-corrected chi connectivity index (χ4v) is 9.76. The van der Waals surface area contributed by atoms with Gasteiger partial charge < -0.3 is 14.4 Å². The molecule has 0 unspecified atom stereocenters. The summed E-state index contributed by atoms with van der Waals surface area (Å²) < 4.78 is 13.9. The molecule has 1 heterocycles. The van der Waals surface area contributed by atoms with E-state index in [4.69, 9.17) is 9.47 Å². The zero-order valence-corrected chi connectivity index (χ0v) is 31.5. The van der Waals surface area contributed by atoms with Crippen molar-refractivity contribution in [3.63, 3.8) is 0 Å². The molecule has 272 valence electrons. The van der Waals surface area contributed by atoms with Crippen LogP contribution in [0.4, 0.5) is 17.1 Å². The van der Waals surface area contributed by atoms with Crippen molar-refractivity contribution in [3.05, 3.63) is 235 Å². The average molecular weight is 742 g/mol. The van der Waals surface area contributed by atoms with Crippen LogP contribution in [0.15, 0.2) is 212 Å². The number of anilines is 3. The Balaban J connectivity index is 0.980. The van der Waals surface area contributed by atoms with Crippen LogP contribution in [-0.4, -0.2) is 0 Å². The van der Waals surface area contributed by atoms with Crippen LogP contribution in [0.25, 0.3) is 44.5 Å². The highest BCUT2D eigenvalue weighted by Gasteiger charge is 2.52. The Morgan fingerprint density at radius 2 is 0.793 bits per heavy atom. The highest BCUT2D eigenvalue weighted by Crippen LogP contribution is 2.65. The van der Waals surface area contributed by atoms with Crippen LogP contribution in [-0.2, 0) is 5.41 Å². The molecule has 0 saturated heterocycles. The van der Waals surface area contributed by atoms with Gasteiger partial charge in [0.05, 0.1) is 11.1 Å². The number of hydrogen-bond acceptors (Lipinski definition) is 3. The quantitative estimate of drug-likeness (QED) is 0.175. The van der Waals surface area contributed by atoms with Crippen LogP contribution < -0.4 is 14.4 Å². The van der Waals surface area contributed by atoms with Gasteiger partial charge in [-0.2, -0.15) is 0 Å². The van der Waals surface area contributed by atoms with E-state index in [-0.39, 0.29) is 0 Å². The molecule has 0 atom stereocenters. The van der Waals surface area contributed by atoms with Gasteiger partial charge in [0, 0.05) is 22.5 Å². The van der Waals surface area contributed by atoms with Crippen LogP contribution in [0, 0.1) is 0 Å². The molecule has 0 bridgehead atoms. The summed E-state index contributed by atoms with van der Waals surface area (Å²) in [5.74, 6) is 2.86. The second-order valence-corrected chi connectivity index (χ2v) is 15.2. The molecule has 3 nitrogen and oxygen atoms in total. The van der Waals surface area contributed by atoms with E-state index in [1.165, 1.54) is 44.5 Å². The van der Waals surface area contributed by atoms with Crippen molar-refractivity contribution in [3.8, 4) is 67.5 Å². The van der Waals surface area contributed by atoms with Crippen LogP contribution in [0.2, 0.25) is 0 Å². The number of para-hydroxylation sites is 4. The first kappa shape index (κ1) is 32.6. The fourth-order valence-electron chi connectivity index (χ4n) is 9.76. The summed E-state index contributed by atoms with van der Waals surface area (Å²) in [6.45, 7) is 0. The Morgan fingerprint density at radius 1 is 0.310 bits per heavy atom. The third-order valence-electron chi connectivity index (χ3n) is 12.1. The number of benzene rings is 9. The Labute approximate surface area is 337 Å². The SMILES string of the molecule is c1ccc(N(c2ccccc2)c2ccccc2-c2cccc(-c3cccc4c3Oc3cc5c(cc3O4)-c3ccccc3C53c4ccccc4-c4ccccc43)c2)cc1. The van der Waals surface area contributed by atoms with Gasteiger partial charge in [0.15, 0.2) is 23.0 Å². The van der Waals surface area contributed by atoms with Crippen molar-refractivity contribution in [2.45, 2.75) is 5.41 Å². The lowest BCUT2D eigenvalue weighted by atomic mass is 9.70. The summed E-state index contributed by atoms with van der Waals surface area (Å²) in [4.78, 5) is 2.32. The highest BCUT2D eigenvalue weighted by molar-refractivity contribution is 5.96. The number of ether oxygens (including phenoxy) is 2. The van der Waals surface area contributed by atoms with Gasteiger partial charge in [0.2, 0.25) is 0 Å². The van der Waals surface area contributed by atoms with Gasteiger partial charge >= 0.3 is 0 Å². The predicted molar refractivity (Wildman–Crippen MR) is 235 cm³/mol. The van der Waals surface area contributed by atoms with Gasteiger partial charge in [-0.05, 0) is 110 Å². The first-order valence-electron chi connectivity index (χ1n) is 19.8. The van der Waals surface area contributed by atoms with E-state index < -0.39 is 5.41 Å². The normalized spacial score (nSPS) is 13.2. The Bertz CT molecular complexity index is 2990. The van der Waals surface area contributed by atoms with Crippen molar-refractivity contribution >= 4 is 17.1 Å². The molecule has 12 rings (SSSR count). The van der Waals surface area contributed by atoms with E-state index in [1.54, 1.807) is 0 Å². The lowest BCUT2D eigenvalue weighted by molar-refractivity contribution is 0.360. The molecule has 3 aliphatic rings. The van der Waals surface area contributed by atoms with Gasteiger partial charge in [-0.25, -0.2) is 0 Å². The fraction of sp³-hybridized carbons (Fsp3) is 0.0182. The maximum atomic E-state index is 7.06. The Morgan fingerprint density at radius 3 is 1.43 bits per heavy atom. The number of hydrogen-bond donors (Lipinski definition) is 0. The lowest BCUT2D eigenvalue weighted by Gasteiger charge is -2.31. The molecule has 0 radical (unpaired) electrons. The van der Waals surface area contributed by atoms with E-state index in [2.05, 4.69) is 211 Å². The smallest absolute Gasteiger partial charge is 0.177 e. The third-order valence-corrected chi connectivity index (χ3v) is 12.1. The largest absolute Gasteiger partial charge is 0.449 e. The van der Waals surface area contributed by atoms with Gasteiger partial charge in [0.25, 0.3) is 0 Å². The molecule has 1 spiro atoms. The van der Waals surface area contributed by atoms with E-state index in [0.717, 1.165) is 50.8 Å². The second-order valence-electron chi connectivity index (χ2n) is 15.2. The Hall–Kier alpha value is -7.62. The number of fused-ring (bicyclic) bond motifs is 12. The van der Waals surface area contributed by atoms with Crippen molar-refractivity contribution in [2.24, 2.45) is 0 Å². The zero-order valence-electron chi connectivity index (χ0n) is 31.5. The lowest BCUT2D eigenvalue weighted by Crippen LogP contribution is -2.25. The summed E-state index contributed by atoms with van der Waals surface area (Å²) in [6, 6.07) is 75.7. The average Bonchev–Trinajstić information content (AvgIpc) is 3.75. The van der Waals surface area contributed by atoms with Crippen molar-refractivity contribution in [1.29, 1.82) is 0 Å². The van der Waals surface area contributed by atoms with E-state index in [9.17, 15) is 0 Å². The molecule has 58 heavy (non-hydrogen) atoms. The molecule has 9 aromatic carbocycles. The molecule has 3 heteroatoms. The third kappa shape index (κ3) is 4.68. The standard InChI is InChI=1S/C55H35NO2/c1-3-19-38(20-4-1)56(39-21-5-2-6-22-39)50-31-14-10-23-40(50)36-17-15-18-37(33-36)41-27-16-32-51-54(41)58-53-35-49-45(34-52(53)57-51)44-26-9-13-30-48(44)55(49)46-28-11-7-24-42(46)43-25-8-12-29-47(43)55/h1-35H. The number of rotatable bonds is 5. The predicted octanol–water partition coefficient (Wildman–Crippen LogP) is 14.7. The molecule has 0 aromatic heterocycles. The molecule has 0 amide bonds. The summed E-state index contributed by atoms with van der Waals surface area (Å²) in [5, 5.41) is 0. The molecule has 9 aromatic rings. The van der Waals surface area contributed by atoms with Crippen LogP contribution >= 0.6 is 0 Å². The van der Waals surface area contributed by atoms with Gasteiger partial charge in [-0.15, -0.1) is 0 Å². The first-order chi connectivity index (χ1) is 28.8. The monoisotopic (exact) mass is 741 g/mol. The maximum Gasteiger partial charge on any atom is 0.177 e. The van der Waals surface area contributed by atoms with Crippen LogP contribution in [0.1, 0.15) is 22.3 Å².